The summed E-state index contributed by atoms with van der Waals surface area (Å²) in [6.07, 6.45) is 1.43. The van der Waals surface area contributed by atoms with Crippen molar-refractivity contribution in [2.24, 2.45) is 0 Å². The van der Waals surface area contributed by atoms with Gasteiger partial charge in [-0.25, -0.2) is 4.98 Å². The van der Waals surface area contributed by atoms with Crippen molar-refractivity contribution in [1.82, 2.24) is 15.2 Å². The van der Waals surface area contributed by atoms with Crippen molar-refractivity contribution in [2.75, 3.05) is 5.32 Å². The zero-order valence-corrected chi connectivity index (χ0v) is 9.12. The Morgan fingerprint density at radius 3 is 2.65 bits per heavy atom. The van der Waals surface area contributed by atoms with E-state index in [2.05, 4.69) is 20.5 Å². The highest BCUT2D eigenvalue weighted by molar-refractivity contribution is 5.49. The average Bonchev–Trinajstić information content (AvgIpc) is 2.83. The van der Waals surface area contributed by atoms with Gasteiger partial charge >= 0.3 is 0 Å². The van der Waals surface area contributed by atoms with Crippen LogP contribution in [0.3, 0.4) is 0 Å². The number of nitrogens with one attached hydrogen (secondary N) is 2. The molecule has 0 saturated heterocycles. The topological polar surface area (TPSA) is 96.7 Å². The van der Waals surface area contributed by atoms with Crippen LogP contribution < -0.4 is 5.32 Å². The molecule has 88 valence electrons. The van der Waals surface area contributed by atoms with Crippen LogP contribution in [0.5, 0.6) is 0 Å². The fourth-order valence-electron chi connectivity index (χ4n) is 1.42. The van der Waals surface area contributed by atoms with Gasteiger partial charge in [0.15, 0.2) is 0 Å². The first kappa shape index (κ1) is 11.1. The first-order valence-corrected chi connectivity index (χ1v) is 5.03. The highest BCUT2D eigenvalue weighted by Crippen LogP contribution is 2.19. The molecule has 1 atom stereocenters. The van der Waals surface area contributed by atoms with Crippen LogP contribution in [-0.2, 0) is 0 Å². The number of anilines is 1. The number of hydrogen-bond acceptors (Lipinski definition) is 5. The molecule has 7 nitrogen and oxygen atoms in total. The summed E-state index contributed by atoms with van der Waals surface area (Å²) in [5.74, 6) is 0.711. The predicted octanol–water partition coefficient (Wildman–Crippen LogP) is 1.89. The molecule has 0 fully saturated rings. The maximum atomic E-state index is 10.5. The van der Waals surface area contributed by atoms with E-state index in [1.54, 1.807) is 12.1 Å². The molecule has 0 bridgehead atoms. The van der Waals surface area contributed by atoms with Gasteiger partial charge in [-0.3, -0.25) is 15.2 Å². The molecule has 2 N–H and O–H groups in total. The maximum Gasteiger partial charge on any atom is 0.269 e. The minimum atomic E-state index is -0.427. The third kappa shape index (κ3) is 2.57. The third-order valence-electron chi connectivity index (χ3n) is 2.31. The first-order valence-electron chi connectivity index (χ1n) is 5.03. The molecule has 1 aromatic heterocycles. The summed E-state index contributed by atoms with van der Waals surface area (Å²) < 4.78 is 0. The van der Waals surface area contributed by atoms with E-state index < -0.39 is 4.92 Å². The number of aromatic amines is 1. The summed E-state index contributed by atoms with van der Waals surface area (Å²) in [4.78, 5) is 14.1. The molecule has 0 aliphatic rings. The first-order chi connectivity index (χ1) is 8.16. The molecular weight excluding hydrogens is 222 g/mol. The van der Waals surface area contributed by atoms with E-state index in [1.165, 1.54) is 18.5 Å². The number of hydrogen-bond donors (Lipinski definition) is 2. The Morgan fingerprint density at radius 2 is 2.12 bits per heavy atom. The van der Waals surface area contributed by atoms with Gasteiger partial charge in [0.2, 0.25) is 0 Å². The second-order valence-corrected chi connectivity index (χ2v) is 3.54. The number of H-pyrrole nitrogens is 1. The van der Waals surface area contributed by atoms with E-state index in [4.69, 9.17) is 0 Å². The summed E-state index contributed by atoms with van der Waals surface area (Å²) in [5, 5.41) is 20.1. The van der Waals surface area contributed by atoms with E-state index in [1.807, 2.05) is 6.92 Å². The quantitative estimate of drug-likeness (QED) is 0.620. The molecule has 0 amide bonds. The summed E-state index contributed by atoms with van der Waals surface area (Å²) in [7, 11) is 0. The summed E-state index contributed by atoms with van der Waals surface area (Å²) >= 11 is 0. The summed E-state index contributed by atoms with van der Waals surface area (Å²) in [6.45, 7) is 1.92. The smallest absolute Gasteiger partial charge is 0.269 e. The molecule has 0 aliphatic carbocycles. The van der Waals surface area contributed by atoms with E-state index in [-0.39, 0.29) is 11.7 Å². The Labute approximate surface area is 97.0 Å². The molecule has 0 spiro atoms. The average molecular weight is 233 g/mol. The molecule has 7 heteroatoms. The van der Waals surface area contributed by atoms with Gasteiger partial charge in [0, 0.05) is 17.8 Å². The van der Waals surface area contributed by atoms with E-state index in [9.17, 15) is 10.1 Å². The van der Waals surface area contributed by atoms with Crippen molar-refractivity contribution in [3.05, 3.63) is 46.5 Å². The van der Waals surface area contributed by atoms with Gasteiger partial charge in [0.25, 0.3) is 5.69 Å². The summed E-state index contributed by atoms with van der Waals surface area (Å²) in [5.41, 5.74) is 0.863. The molecule has 1 unspecified atom stereocenters. The van der Waals surface area contributed by atoms with Crippen LogP contribution >= 0.6 is 0 Å². The number of aromatic nitrogens is 3. The van der Waals surface area contributed by atoms with Crippen molar-refractivity contribution < 1.29 is 4.92 Å². The minimum Gasteiger partial charge on any atom is -0.375 e. The molecule has 1 heterocycles. The highest BCUT2D eigenvalue weighted by Gasteiger charge is 2.09. The van der Waals surface area contributed by atoms with Gasteiger partial charge in [0.05, 0.1) is 11.0 Å². The van der Waals surface area contributed by atoms with Crippen LogP contribution in [0, 0.1) is 10.1 Å². The fourth-order valence-corrected chi connectivity index (χ4v) is 1.42. The summed E-state index contributed by atoms with van der Waals surface area (Å²) in [6, 6.07) is 6.18. The van der Waals surface area contributed by atoms with Gasteiger partial charge in [-0.05, 0) is 19.1 Å². The van der Waals surface area contributed by atoms with E-state index in [0.717, 1.165) is 5.69 Å². The van der Waals surface area contributed by atoms with Crippen LogP contribution in [0.4, 0.5) is 11.4 Å². The van der Waals surface area contributed by atoms with Gasteiger partial charge in [-0.15, -0.1) is 0 Å². The second kappa shape index (κ2) is 4.60. The van der Waals surface area contributed by atoms with E-state index >= 15 is 0 Å². The number of nitrogens with zero attached hydrogens (tertiary/aromatic N) is 3. The largest absolute Gasteiger partial charge is 0.375 e. The van der Waals surface area contributed by atoms with Crippen molar-refractivity contribution in [3.8, 4) is 0 Å². The number of nitro groups is 1. The third-order valence-corrected chi connectivity index (χ3v) is 2.31. The Balaban J connectivity index is 2.06. The number of non-ortho nitro benzene ring substituents is 1. The SMILES string of the molecule is CC(Nc1ccc([N+](=O)[O-])cc1)c1ncn[nH]1. The predicted molar refractivity (Wildman–Crippen MR) is 61.5 cm³/mol. The van der Waals surface area contributed by atoms with Crippen molar-refractivity contribution >= 4 is 11.4 Å². The molecule has 17 heavy (non-hydrogen) atoms. The van der Waals surface area contributed by atoms with Crippen LogP contribution in [0.2, 0.25) is 0 Å². The van der Waals surface area contributed by atoms with Crippen LogP contribution in [-0.4, -0.2) is 20.1 Å². The zero-order chi connectivity index (χ0) is 12.3. The molecule has 2 rings (SSSR count). The molecule has 0 saturated carbocycles. The number of nitro benzene ring substituents is 1. The lowest BCUT2D eigenvalue weighted by atomic mass is 10.2. The molecule has 0 aliphatic heterocycles. The molecular formula is C10H11N5O2. The van der Waals surface area contributed by atoms with Gasteiger partial charge in [-0.2, -0.15) is 5.10 Å². The van der Waals surface area contributed by atoms with Gasteiger partial charge in [-0.1, -0.05) is 0 Å². The Hall–Kier alpha value is -2.44. The van der Waals surface area contributed by atoms with Crippen LogP contribution in [0.1, 0.15) is 18.8 Å². The normalized spacial score (nSPS) is 12.1. The highest BCUT2D eigenvalue weighted by atomic mass is 16.6. The molecule has 2 aromatic rings. The van der Waals surface area contributed by atoms with Gasteiger partial charge < -0.3 is 5.32 Å². The maximum absolute atomic E-state index is 10.5. The monoisotopic (exact) mass is 233 g/mol. The van der Waals surface area contributed by atoms with Crippen LogP contribution in [0.25, 0.3) is 0 Å². The Bertz CT molecular complexity index is 494. The number of benzene rings is 1. The van der Waals surface area contributed by atoms with Crippen molar-refractivity contribution in [3.63, 3.8) is 0 Å². The van der Waals surface area contributed by atoms with Crippen molar-refractivity contribution in [2.45, 2.75) is 13.0 Å². The minimum absolute atomic E-state index is 0.0426. The Morgan fingerprint density at radius 1 is 1.41 bits per heavy atom. The van der Waals surface area contributed by atoms with Gasteiger partial charge in [0.1, 0.15) is 12.2 Å². The molecule has 1 aromatic carbocycles. The molecule has 0 radical (unpaired) electrons. The van der Waals surface area contributed by atoms with E-state index in [0.29, 0.717) is 5.82 Å². The lowest BCUT2D eigenvalue weighted by Gasteiger charge is -2.11. The lowest BCUT2D eigenvalue weighted by molar-refractivity contribution is -0.384. The standard InChI is InChI=1S/C10H11N5O2/c1-7(10-11-6-12-14-10)13-8-2-4-9(5-3-8)15(16)17/h2-7,13H,1H3,(H,11,12,14). The number of rotatable bonds is 4. The second-order valence-electron chi connectivity index (χ2n) is 3.54. The van der Waals surface area contributed by atoms with Crippen molar-refractivity contribution in [1.29, 1.82) is 0 Å². The Kier molecular flexibility index (Phi) is 2.99. The fraction of sp³-hybridized carbons (Fsp3) is 0.200. The van der Waals surface area contributed by atoms with Crippen LogP contribution in [0.15, 0.2) is 30.6 Å². The zero-order valence-electron chi connectivity index (χ0n) is 9.12. The lowest BCUT2D eigenvalue weighted by Crippen LogP contribution is -2.08.